The van der Waals surface area contributed by atoms with Crippen molar-refractivity contribution in [2.24, 2.45) is 11.7 Å². The lowest BCUT2D eigenvalue weighted by Gasteiger charge is -2.21. The SMILES string of the molecule is Cc1ccc(CN2CC(CN)CC2C)cc1C. The molecule has 1 saturated heterocycles. The van der Waals surface area contributed by atoms with Crippen molar-refractivity contribution < 1.29 is 0 Å². The molecule has 0 spiro atoms. The molecular weight excluding hydrogens is 208 g/mol. The zero-order chi connectivity index (χ0) is 12.4. The lowest BCUT2D eigenvalue weighted by Crippen LogP contribution is -2.27. The molecule has 17 heavy (non-hydrogen) atoms. The van der Waals surface area contributed by atoms with Gasteiger partial charge in [0.15, 0.2) is 0 Å². The summed E-state index contributed by atoms with van der Waals surface area (Å²) in [5.74, 6) is 0.691. The minimum absolute atomic E-state index is 0.671. The summed E-state index contributed by atoms with van der Waals surface area (Å²) in [6, 6.07) is 7.47. The third-order valence-electron chi connectivity index (χ3n) is 4.08. The van der Waals surface area contributed by atoms with Crippen LogP contribution in [0.15, 0.2) is 18.2 Å². The van der Waals surface area contributed by atoms with Crippen LogP contribution in [0.4, 0.5) is 0 Å². The van der Waals surface area contributed by atoms with Gasteiger partial charge < -0.3 is 5.73 Å². The fourth-order valence-electron chi connectivity index (χ4n) is 2.75. The van der Waals surface area contributed by atoms with Crippen LogP contribution in [-0.2, 0) is 6.54 Å². The number of rotatable bonds is 3. The van der Waals surface area contributed by atoms with Gasteiger partial charge in [-0.25, -0.2) is 0 Å². The van der Waals surface area contributed by atoms with E-state index >= 15 is 0 Å². The molecule has 0 amide bonds. The first kappa shape index (κ1) is 12.6. The topological polar surface area (TPSA) is 29.3 Å². The van der Waals surface area contributed by atoms with E-state index in [2.05, 4.69) is 43.9 Å². The highest BCUT2D eigenvalue weighted by molar-refractivity contribution is 5.29. The summed E-state index contributed by atoms with van der Waals surface area (Å²) in [6.07, 6.45) is 1.25. The molecule has 1 aromatic rings. The molecule has 2 unspecified atom stereocenters. The van der Waals surface area contributed by atoms with E-state index in [4.69, 9.17) is 5.73 Å². The maximum Gasteiger partial charge on any atom is 0.0236 e. The van der Waals surface area contributed by atoms with E-state index < -0.39 is 0 Å². The number of benzene rings is 1. The Labute approximate surface area is 105 Å². The average Bonchev–Trinajstić information content (AvgIpc) is 2.65. The van der Waals surface area contributed by atoms with Crippen molar-refractivity contribution in [1.82, 2.24) is 4.90 Å². The lowest BCUT2D eigenvalue weighted by molar-refractivity contribution is 0.256. The van der Waals surface area contributed by atoms with E-state index in [0.29, 0.717) is 12.0 Å². The Morgan fingerprint density at radius 1 is 1.29 bits per heavy atom. The second kappa shape index (κ2) is 5.19. The van der Waals surface area contributed by atoms with E-state index in [9.17, 15) is 0 Å². The van der Waals surface area contributed by atoms with Crippen LogP contribution >= 0.6 is 0 Å². The Bertz CT molecular complexity index is 387. The number of nitrogens with zero attached hydrogens (tertiary/aromatic N) is 1. The largest absolute Gasteiger partial charge is 0.330 e. The molecule has 2 N–H and O–H groups in total. The van der Waals surface area contributed by atoms with E-state index in [-0.39, 0.29) is 0 Å². The first-order chi connectivity index (χ1) is 8.10. The molecule has 0 aromatic heterocycles. The zero-order valence-electron chi connectivity index (χ0n) is 11.2. The van der Waals surface area contributed by atoms with Crippen LogP contribution in [0.1, 0.15) is 30.0 Å². The number of hydrogen-bond donors (Lipinski definition) is 1. The number of nitrogens with two attached hydrogens (primary N) is 1. The first-order valence-corrected chi connectivity index (χ1v) is 6.60. The molecule has 1 fully saturated rings. The first-order valence-electron chi connectivity index (χ1n) is 6.60. The van der Waals surface area contributed by atoms with Crippen LogP contribution in [0.25, 0.3) is 0 Å². The van der Waals surface area contributed by atoms with E-state index in [1.165, 1.54) is 23.1 Å². The third-order valence-corrected chi connectivity index (χ3v) is 4.08. The second-order valence-electron chi connectivity index (χ2n) is 5.53. The molecule has 0 bridgehead atoms. The van der Waals surface area contributed by atoms with E-state index in [0.717, 1.165) is 19.6 Å². The van der Waals surface area contributed by atoms with Gasteiger partial charge in [-0.15, -0.1) is 0 Å². The van der Waals surface area contributed by atoms with Crippen molar-refractivity contribution in [2.75, 3.05) is 13.1 Å². The number of aryl methyl sites for hydroxylation is 2. The molecule has 0 radical (unpaired) electrons. The summed E-state index contributed by atoms with van der Waals surface area (Å²) in [4.78, 5) is 2.56. The van der Waals surface area contributed by atoms with Gasteiger partial charge in [0.2, 0.25) is 0 Å². The summed E-state index contributed by atoms with van der Waals surface area (Å²) in [7, 11) is 0. The molecule has 2 atom stereocenters. The van der Waals surface area contributed by atoms with Gasteiger partial charge in [-0.05, 0) is 56.3 Å². The van der Waals surface area contributed by atoms with Crippen molar-refractivity contribution in [3.63, 3.8) is 0 Å². The molecule has 1 aliphatic heterocycles. The zero-order valence-corrected chi connectivity index (χ0v) is 11.2. The Morgan fingerprint density at radius 3 is 2.65 bits per heavy atom. The molecule has 1 aliphatic rings. The Balaban J connectivity index is 2.03. The summed E-state index contributed by atoms with van der Waals surface area (Å²) in [5, 5.41) is 0. The van der Waals surface area contributed by atoms with Crippen molar-refractivity contribution in [3.8, 4) is 0 Å². The summed E-state index contributed by atoms with van der Waals surface area (Å²) >= 11 is 0. The van der Waals surface area contributed by atoms with Crippen molar-refractivity contribution in [2.45, 2.75) is 39.8 Å². The molecule has 0 aliphatic carbocycles. The maximum absolute atomic E-state index is 5.77. The molecule has 1 heterocycles. The molecule has 0 saturated carbocycles. The fraction of sp³-hybridized carbons (Fsp3) is 0.600. The maximum atomic E-state index is 5.77. The van der Waals surface area contributed by atoms with Gasteiger partial charge in [0.05, 0.1) is 0 Å². The predicted octanol–water partition coefficient (Wildman–Crippen LogP) is 2.47. The molecule has 2 heteroatoms. The number of likely N-dealkylation sites (tertiary alicyclic amines) is 1. The van der Waals surface area contributed by atoms with Crippen LogP contribution in [0, 0.1) is 19.8 Å². The normalized spacial score (nSPS) is 25.4. The van der Waals surface area contributed by atoms with Gasteiger partial charge in [-0.1, -0.05) is 18.2 Å². The Morgan fingerprint density at radius 2 is 2.06 bits per heavy atom. The Hall–Kier alpha value is -0.860. The highest BCUT2D eigenvalue weighted by Crippen LogP contribution is 2.24. The standard InChI is InChI=1S/C15H24N2/c1-11-4-5-14(6-12(11)2)9-17-10-15(8-16)7-13(17)3/h4-6,13,15H,7-10,16H2,1-3H3. The third kappa shape index (κ3) is 2.88. The molecule has 2 nitrogen and oxygen atoms in total. The van der Waals surface area contributed by atoms with Crippen molar-refractivity contribution in [3.05, 3.63) is 34.9 Å². The van der Waals surface area contributed by atoms with Crippen LogP contribution in [0.3, 0.4) is 0 Å². The average molecular weight is 232 g/mol. The Kier molecular flexibility index (Phi) is 3.85. The molecule has 94 valence electrons. The summed E-state index contributed by atoms with van der Waals surface area (Å²) in [6.45, 7) is 9.73. The highest BCUT2D eigenvalue weighted by atomic mass is 15.2. The fourth-order valence-corrected chi connectivity index (χ4v) is 2.75. The van der Waals surface area contributed by atoms with Crippen LogP contribution in [0.5, 0.6) is 0 Å². The van der Waals surface area contributed by atoms with Gasteiger partial charge in [-0.3, -0.25) is 4.90 Å². The van der Waals surface area contributed by atoms with E-state index in [1.54, 1.807) is 0 Å². The summed E-state index contributed by atoms with van der Waals surface area (Å²) in [5.41, 5.74) is 9.97. The summed E-state index contributed by atoms with van der Waals surface area (Å²) < 4.78 is 0. The monoisotopic (exact) mass is 232 g/mol. The molecule has 1 aromatic carbocycles. The molecule has 2 rings (SSSR count). The number of hydrogen-bond acceptors (Lipinski definition) is 2. The van der Waals surface area contributed by atoms with Crippen LogP contribution in [0.2, 0.25) is 0 Å². The smallest absolute Gasteiger partial charge is 0.0236 e. The van der Waals surface area contributed by atoms with Gasteiger partial charge in [0.1, 0.15) is 0 Å². The van der Waals surface area contributed by atoms with Gasteiger partial charge in [0.25, 0.3) is 0 Å². The molecular formula is C15H24N2. The minimum atomic E-state index is 0.671. The highest BCUT2D eigenvalue weighted by Gasteiger charge is 2.27. The quantitative estimate of drug-likeness (QED) is 0.867. The van der Waals surface area contributed by atoms with Crippen LogP contribution < -0.4 is 5.73 Å². The van der Waals surface area contributed by atoms with Crippen molar-refractivity contribution >= 4 is 0 Å². The minimum Gasteiger partial charge on any atom is -0.330 e. The lowest BCUT2D eigenvalue weighted by atomic mass is 10.1. The van der Waals surface area contributed by atoms with E-state index in [1.807, 2.05) is 0 Å². The predicted molar refractivity (Wildman–Crippen MR) is 72.9 cm³/mol. The van der Waals surface area contributed by atoms with Crippen LogP contribution in [-0.4, -0.2) is 24.0 Å². The second-order valence-corrected chi connectivity index (χ2v) is 5.53. The van der Waals surface area contributed by atoms with Gasteiger partial charge in [0, 0.05) is 19.1 Å². The van der Waals surface area contributed by atoms with Gasteiger partial charge in [-0.2, -0.15) is 0 Å². The van der Waals surface area contributed by atoms with Gasteiger partial charge >= 0.3 is 0 Å². The van der Waals surface area contributed by atoms with Crippen molar-refractivity contribution in [1.29, 1.82) is 0 Å².